The van der Waals surface area contributed by atoms with E-state index in [2.05, 4.69) is 20.6 Å². The highest BCUT2D eigenvalue weighted by molar-refractivity contribution is 7.14. The van der Waals surface area contributed by atoms with Crippen molar-refractivity contribution in [3.05, 3.63) is 57.1 Å². The van der Waals surface area contributed by atoms with Crippen LogP contribution in [0.3, 0.4) is 0 Å². The van der Waals surface area contributed by atoms with Crippen molar-refractivity contribution in [2.45, 2.75) is 6.42 Å². The molecule has 130 valence electrons. The van der Waals surface area contributed by atoms with Crippen LogP contribution in [0, 0.1) is 0 Å². The van der Waals surface area contributed by atoms with Crippen LogP contribution in [0.25, 0.3) is 11.3 Å². The minimum absolute atomic E-state index is 0.0152. The number of hydrogen-bond donors (Lipinski definition) is 2. The molecule has 0 unspecified atom stereocenters. The standard InChI is InChI=1S/C17H10Cl2N4O2S/c18-11-4-10(6-20-15(11)19)16(25)23-17-22-13(7-26-17)8-1-2-12-9(3-8)5-14(24)21-12/h1-4,6-7H,5H2,(H,21,24)(H,22,23,25). The van der Waals surface area contributed by atoms with Gasteiger partial charge in [-0.05, 0) is 23.8 Å². The van der Waals surface area contributed by atoms with E-state index in [1.807, 2.05) is 23.6 Å². The van der Waals surface area contributed by atoms with Crippen molar-refractivity contribution in [1.82, 2.24) is 9.97 Å². The fraction of sp³-hybridized carbons (Fsp3) is 0.0588. The third kappa shape index (κ3) is 3.29. The second kappa shape index (κ2) is 6.68. The van der Waals surface area contributed by atoms with E-state index in [-0.39, 0.29) is 22.0 Å². The number of pyridine rings is 1. The van der Waals surface area contributed by atoms with Crippen LogP contribution in [0.5, 0.6) is 0 Å². The zero-order valence-electron chi connectivity index (χ0n) is 13.0. The number of hydrogen-bond acceptors (Lipinski definition) is 5. The second-order valence-electron chi connectivity index (χ2n) is 5.59. The molecule has 3 aromatic rings. The Labute approximate surface area is 162 Å². The van der Waals surface area contributed by atoms with Gasteiger partial charge in [0.15, 0.2) is 5.13 Å². The Balaban J connectivity index is 1.53. The Morgan fingerprint density at radius 1 is 1.27 bits per heavy atom. The number of anilines is 2. The molecular formula is C17H10Cl2N4O2S. The number of carbonyl (C=O) groups excluding carboxylic acids is 2. The van der Waals surface area contributed by atoms with Crippen LogP contribution in [0.15, 0.2) is 35.8 Å². The normalized spacial score (nSPS) is 12.6. The molecule has 0 bridgehead atoms. The predicted octanol–water partition coefficient (Wildman–Crippen LogP) is 4.26. The lowest BCUT2D eigenvalue weighted by molar-refractivity contribution is -0.115. The van der Waals surface area contributed by atoms with Crippen molar-refractivity contribution < 1.29 is 9.59 Å². The maximum absolute atomic E-state index is 12.3. The van der Waals surface area contributed by atoms with Gasteiger partial charge in [-0.15, -0.1) is 11.3 Å². The molecule has 9 heteroatoms. The van der Waals surface area contributed by atoms with Crippen molar-refractivity contribution in [1.29, 1.82) is 0 Å². The SMILES string of the molecule is O=C1Cc2cc(-c3csc(NC(=O)c4cnc(Cl)c(Cl)c4)n3)ccc2N1. The van der Waals surface area contributed by atoms with Gasteiger partial charge in [0.25, 0.3) is 5.91 Å². The summed E-state index contributed by atoms with van der Waals surface area (Å²) in [6, 6.07) is 7.12. The van der Waals surface area contributed by atoms with Gasteiger partial charge in [-0.25, -0.2) is 9.97 Å². The Morgan fingerprint density at radius 2 is 2.12 bits per heavy atom. The predicted molar refractivity (Wildman–Crippen MR) is 102 cm³/mol. The van der Waals surface area contributed by atoms with Crippen LogP contribution in [-0.4, -0.2) is 21.8 Å². The second-order valence-corrected chi connectivity index (χ2v) is 7.21. The summed E-state index contributed by atoms with van der Waals surface area (Å²) >= 11 is 12.9. The molecule has 0 aliphatic carbocycles. The third-order valence-corrected chi connectivity index (χ3v) is 5.25. The molecule has 2 aromatic heterocycles. The molecule has 1 aliphatic heterocycles. The van der Waals surface area contributed by atoms with Crippen LogP contribution in [-0.2, 0) is 11.2 Å². The van der Waals surface area contributed by atoms with E-state index in [0.29, 0.717) is 17.1 Å². The number of benzene rings is 1. The summed E-state index contributed by atoms with van der Waals surface area (Å²) in [4.78, 5) is 32.0. The fourth-order valence-electron chi connectivity index (χ4n) is 2.57. The number of fused-ring (bicyclic) bond motifs is 1. The molecule has 2 amide bonds. The maximum atomic E-state index is 12.3. The first-order chi connectivity index (χ1) is 12.5. The largest absolute Gasteiger partial charge is 0.326 e. The molecule has 0 radical (unpaired) electrons. The molecule has 1 aliphatic rings. The quantitative estimate of drug-likeness (QED) is 0.638. The molecule has 26 heavy (non-hydrogen) atoms. The molecule has 0 spiro atoms. The minimum Gasteiger partial charge on any atom is -0.326 e. The van der Waals surface area contributed by atoms with Crippen LogP contribution < -0.4 is 10.6 Å². The third-order valence-electron chi connectivity index (χ3n) is 3.81. The monoisotopic (exact) mass is 404 g/mol. The van der Waals surface area contributed by atoms with Gasteiger partial charge < -0.3 is 5.32 Å². The van der Waals surface area contributed by atoms with E-state index in [1.165, 1.54) is 23.6 Å². The lowest BCUT2D eigenvalue weighted by Gasteiger charge is -2.03. The van der Waals surface area contributed by atoms with Crippen molar-refractivity contribution >= 4 is 57.2 Å². The van der Waals surface area contributed by atoms with Crippen molar-refractivity contribution in [3.63, 3.8) is 0 Å². The maximum Gasteiger partial charge on any atom is 0.259 e. The highest BCUT2D eigenvalue weighted by Crippen LogP contribution is 2.31. The Bertz CT molecular complexity index is 1050. The lowest BCUT2D eigenvalue weighted by atomic mass is 10.1. The van der Waals surface area contributed by atoms with Crippen molar-refractivity contribution in [3.8, 4) is 11.3 Å². The van der Waals surface area contributed by atoms with E-state index in [0.717, 1.165) is 22.5 Å². The first kappa shape index (κ1) is 17.0. The van der Waals surface area contributed by atoms with E-state index in [9.17, 15) is 9.59 Å². The van der Waals surface area contributed by atoms with Gasteiger partial charge in [0.1, 0.15) is 5.15 Å². The number of nitrogens with one attached hydrogen (secondary N) is 2. The summed E-state index contributed by atoms with van der Waals surface area (Å²) in [5.74, 6) is -0.390. The summed E-state index contributed by atoms with van der Waals surface area (Å²) in [6.07, 6.45) is 1.71. The summed E-state index contributed by atoms with van der Waals surface area (Å²) in [6.45, 7) is 0. The van der Waals surface area contributed by atoms with Crippen LogP contribution in [0.1, 0.15) is 15.9 Å². The smallest absolute Gasteiger partial charge is 0.259 e. The Kier molecular flexibility index (Phi) is 4.36. The zero-order chi connectivity index (χ0) is 18.3. The molecular weight excluding hydrogens is 395 g/mol. The van der Waals surface area contributed by atoms with Gasteiger partial charge in [0.2, 0.25) is 5.91 Å². The van der Waals surface area contributed by atoms with E-state index in [4.69, 9.17) is 23.2 Å². The summed E-state index contributed by atoms with van der Waals surface area (Å²) in [5.41, 5.74) is 3.66. The van der Waals surface area contributed by atoms with Gasteiger partial charge in [-0.2, -0.15) is 0 Å². The van der Waals surface area contributed by atoms with E-state index >= 15 is 0 Å². The first-order valence-electron chi connectivity index (χ1n) is 7.50. The van der Waals surface area contributed by atoms with Gasteiger partial charge in [-0.1, -0.05) is 29.3 Å². The highest BCUT2D eigenvalue weighted by atomic mass is 35.5. The molecule has 0 saturated carbocycles. The number of rotatable bonds is 3. The number of amides is 2. The van der Waals surface area contributed by atoms with Crippen LogP contribution in [0.2, 0.25) is 10.2 Å². The average molecular weight is 405 g/mol. The van der Waals surface area contributed by atoms with E-state index < -0.39 is 0 Å². The average Bonchev–Trinajstić information content (AvgIpc) is 3.21. The fourth-order valence-corrected chi connectivity index (χ4v) is 3.55. The summed E-state index contributed by atoms with van der Waals surface area (Å²) < 4.78 is 0. The van der Waals surface area contributed by atoms with Gasteiger partial charge >= 0.3 is 0 Å². The summed E-state index contributed by atoms with van der Waals surface area (Å²) in [5, 5.41) is 8.15. The topological polar surface area (TPSA) is 84.0 Å². The van der Waals surface area contributed by atoms with Crippen LogP contribution in [0.4, 0.5) is 10.8 Å². The summed E-state index contributed by atoms with van der Waals surface area (Å²) in [7, 11) is 0. The molecule has 6 nitrogen and oxygen atoms in total. The first-order valence-corrected chi connectivity index (χ1v) is 9.14. The molecule has 0 fully saturated rings. The highest BCUT2D eigenvalue weighted by Gasteiger charge is 2.18. The molecule has 4 rings (SSSR count). The number of halogens is 2. The van der Waals surface area contributed by atoms with Gasteiger partial charge in [-0.3, -0.25) is 14.9 Å². The van der Waals surface area contributed by atoms with Gasteiger partial charge in [0.05, 0.1) is 22.7 Å². The van der Waals surface area contributed by atoms with Crippen molar-refractivity contribution in [2.75, 3.05) is 10.6 Å². The molecule has 2 N–H and O–H groups in total. The number of thiazole rings is 1. The molecule has 0 saturated heterocycles. The minimum atomic E-state index is -0.374. The van der Waals surface area contributed by atoms with Gasteiger partial charge in [0, 0.05) is 22.8 Å². The number of nitrogens with zero attached hydrogens (tertiary/aromatic N) is 2. The number of aromatic nitrogens is 2. The van der Waals surface area contributed by atoms with Crippen LogP contribution >= 0.6 is 34.5 Å². The lowest BCUT2D eigenvalue weighted by Crippen LogP contribution is -2.12. The zero-order valence-corrected chi connectivity index (χ0v) is 15.4. The Hall–Kier alpha value is -2.48. The van der Waals surface area contributed by atoms with Crippen molar-refractivity contribution in [2.24, 2.45) is 0 Å². The van der Waals surface area contributed by atoms with E-state index in [1.54, 1.807) is 0 Å². The molecule has 3 heterocycles. The number of carbonyl (C=O) groups is 2. The molecule has 1 aromatic carbocycles. The Morgan fingerprint density at radius 3 is 2.92 bits per heavy atom. The molecule has 0 atom stereocenters.